The van der Waals surface area contributed by atoms with Gasteiger partial charge in [0.1, 0.15) is 23.6 Å². The fourth-order valence-corrected chi connectivity index (χ4v) is 7.67. The number of nitrogens with zero attached hydrogens (tertiary/aromatic N) is 3. The fourth-order valence-electron chi connectivity index (χ4n) is 7.67. The Balaban J connectivity index is 1.62. The van der Waals surface area contributed by atoms with Crippen molar-refractivity contribution in [1.29, 1.82) is 0 Å². The van der Waals surface area contributed by atoms with E-state index in [1.54, 1.807) is 40.0 Å². The molecule has 3 aliphatic carbocycles. The van der Waals surface area contributed by atoms with Crippen molar-refractivity contribution in [1.82, 2.24) is 9.80 Å². The number of aromatic hydroxyl groups is 1. The Hall–Kier alpha value is -5.16. The number of esters is 1. The molecule has 0 radical (unpaired) electrons. The molecule has 3 amide bonds. The number of hydrogen-bond acceptors (Lipinski definition) is 14. The number of allylic oxidation sites excluding steroid dienone is 1. The Morgan fingerprint density at radius 3 is 2.28 bits per heavy atom. The highest BCUT2D eigenvalue weighted by Gasteiger charge is 2.63. The van der Waals surface area contributed by atoms with Gasteiger partial charge in [-0.3, -0.25) is 33.8 Å². The second kappa shape index (κ2) is 16.9. The van der Waals surface area contributed by atoms with Crippen molar-refractivity contribution in [3.05, 3.63) is 39.9 Å². The number of primary amides is 1. The molecule has 17 heteroatoms. The van der Waals surface area contributed by atoms with Crippen molar-refractivity contribution < 1.29 is 58.7 Å². The average molecular weight is 758 g/mol. The zero-order valence-electron chi connectivity index (χ0n) is 31.6. The van der Waals surface area contributed by atoms with Crippen molar-refractivity contribution in [2.24, 2.45) is 17.6 Å². The van der Waals surface area contributed by atoms with E-state index in [1.807, 2.05) is 6.92 Å². The van der Waals surface area contributed by atoms with Crippen molar-refractivity contribution in [2.75, 3.05) is 58.3 Å². The number of fused-ring (bicyclic) bond motifs is 3. The normalized spacial score (nSPS) is 22.0. The van der Waals surface area contributed by atoms with Gasteiger partial charge in [-0.25, -0.2) is 4.79 Å². The Kier molecular flexibility index (Phi) is 13.0. The summed E-state index contributed by atoms with van der Waals surface area (Å²) in [6, 6.07) is 0.324. The number of hydrogen-bond donors (Lipinski definition) is 6. The minimum atomic E-state index is -2.80. The van der Waals surface area contributed by atoms with Gasteiger partial charge in [-0.05, 0) is 57.3 Å². The monoisotopic (exact) mass is 757 g/mol. The van der Waals surface area contributed by atoms with Gasteiger partial charge in [0.15, 0.2) is 17.1 Å². The summed E-state index contributed by atoms with van der Waals surface area (Å²) < 4.78 is 10.1. The van der Waals surface area contributed by atoms with Gasteiger partial charge in [-0.15, -0.1) is 0 Å². The molecule has 0 unspecified atom stereocenters. The summed E-state index contributed by atoms with van der Waals surface area (Å²) in [5.74, 6) is -9.19. The van der Waals surface area contributed by atoms with Crippen LogP contribution in [0, 0.1) is 11.8 Å². The first-order chi connectivity index (χ1) is 25.4. The molecule has 1 aromatic carbocycles. The van der Waals surface area contributed by atoms with Gasteiger partial charge in [0.25, 0.3) is 5.91 Å². The van der Waals surface area contributed by atoms with E-state index in [4.69, 9.17) is 15.2 Å². The Bertz CT molecular complexity index is 1770. The third kappa shape index (κ3) is 7.87. The lowest BCUT2D eigenvalue weighted by Crippen LogP contribution is -2.63. The number of anilines is 2. The first-order valence-electron chi connectivity index (χ1n) is 18.0. The van der Waals surface area contributed by atoms with Gasteiger partial charge in [0, 0.05) is 44.2 Å². The SMILES string of the molecule is CCCCCCC(=O)OCOC(=O)N(CCC)CC(=O)Nc1cc(N(C)C)c2c(c1O)C(=O)C1=C(O)[C@]3(O)C(=O)C(C(N)=O)=C(O)[C@@H](N(C)C)[C@@H]3C[C@@H]1C2. The number of ketones is 2. The maximum atomic E-state index is 14.3. The van der Waals surface area contributed by atoms with Crippen LogP contribution in [0.4, 0.5) is 16.2 Å². The van der Waals surface area contributed by atoms with E-state index in [-0.39, 0.29) is 42.6 Å². The molecule has 0 heterocycles. The first kappa shape index (κ1) is 41.6. The zero-order chi connectivity index (χ0) is 40.2. The third-order valence-corrected chi connectivity index (χ3v) is 10.2. The van der Waals surface area contributed by atoms with E-state index in [0.29, 0.717) is 24.1 Å². The maximum Gasteiger partial charge on any atom is 0.413 e. The minimum absolute atomic E-state index is 0.0449. The van der Waals surface area contributed by atoms with Crippen LogP contribution in [-0.2, 0) is 35.1 Å². The number of amides is 3. The fraction of sp³-hybridized carbons (Fsp3) is 0.568. The van der Waals surface area contributed by atoms with Gasteiger partial charge in [-0.1, -0.05) is 33.1 Å². The summed E-state index contributed by atoms with van der Waals surface area (Å²) in [7, 11) is 6.45. The molecule has 0 spiro atoms. The van der Waals surface area contributed by atoms with Crippen LogP contribution in [0.25, 0.3) is 0 Å². The van der Waals surface area contributed by atoms with Crippen LogP contribution in [-0.4, -0.2) is 125 Å². The summed E-state index contributed by atoms with van der Waals surface area (Å²) in [6.45, 7) is 2.77. The van der Waals surface area contributed by atoms with Gasteiger partial charge < -0.3 is 45.9 Å². The number of aliphatic hydroxyl groups excluding tert-OH is 2. The highest BCUT2D eigenvalue weighted by atomic mass is 16.7. The van der Waals surface area contributed by atoms with Gasteiger partial charge >= 0.3 is 12.1 Å². The van der Waals surface area contributed by atoms with E-state index in [2.05, 4.69) is 5.32 Å². The molecule has 0 fully saturated rings. The van der Waals surface area contributed by atoms with Crippen LogP contribution < -0.4 is 16.0 Å². The molecular formula is C37H51N5O12. The quantitative estimate of drug-likeness (QED) is 0.0495. The van der Waals surface area contributed by atoms with E-state index in [9.17, 15) is 49.2 Å². The lowest BCUT2D eigenvalue weighted by molar-refractivity contribution is -0.153. The second-order valence-electron chi connectivity index (χ2n) is 14.3. The molecule has 7 N–H and O–H groups in total. The summed E-state index contributed by atoms with van der Waals surface area (Å²) in [5.41, 5.74) is 1.64. The number of carbonyl (C=O) groups excluding carboxylic acids is 6. The molecule has 4 rings (SSSR count). The predicted octanol–water partition coefficient (Wildman–Crippen LogP) is 2.44. The molecule has 0 saturated heterocycles. The maximum absolute atomic E-state index is 14.3. The number of rotatable bonds is 15. The van der Waals surface area contributed by atoms with Crippen molar-refractivity contribution >= 4 is 46.8 Å². The van der Waals surface area contributed by atoms with Crippen LogP contribution in [0.3, 0.4) is 0 Å². The minimum Gasteiger partial charge on any atom is -0.510 e. The number of nitrogens with one attached hydrogen (secondary N) is 1. The molecule has 3 aliphatic rings. The van der Waals surface area contributed by atoms with Crippen molar-refractivity contribution in [2.45, 2.75) is 76.9 Å². The standard InChI is InChI=1S/C37H51N5O12/c1-7-9-10-11-12-25(44)53-18-54-36(51)42(13-8-2)17-24(43)39-22-16-23(40(3)4)20-14-19-15-21-29(41(5)6)32(47)28(35(38)50)34(49)37(21,52)33(48)26(19)31(46)27(20)30(22)45/h16,19,21,29,45,47-48,52H,7-15,17-18H2,1-6H3,(H2,38,50)(H,39,43)/t19-,21-,29-,37-/m0/s1. The summed E-state index contributed by atoms with van der Waals surface area (Å²) >= 11 is 0. The van der Waals surface area contributed by atoms with Gasteiger partial charge in [0.05, 0.1) is 17.3 Å². The highest BCUT2D eigenvalue weighted by Crippen LogP contribution is 2.54. The number of phenolic OH excluding ortho intramolecular Hbond substituents is 1. The molecule has 4 atom stereocenters. The number of benzene rings is 1. The molecule has 54 heavy (non-hydrogen) atoms. The molecule has 296 valence electrons. The predicted molar refractivity (Wildman–Crippen MR) is 195 cm³/mol. The number of Topliss-reactive ketones (excluding diaryl/α,β-unsaturated/α-hetero) is 2. The van der Waals surface area contributed by atoms with Crippen molar-refractivity contribution in [3.8, 4) is 5.75 Å². The summed E-state index contributed by atoms with van der Waals surface area (Å²) in [5, 5.41) is 48.5. The molecule has 0 bridgehead atoms. The summed E-state index contributed by atoms with van der Waals surface area (Å²) in [6.07, 6.45) is 3.21. The third-order valence-electron chi connectivity index (χ3n) is 10.2. The Morgan fingerprint density at radius 1 is 1.00 bits per heavy atom. The van der Waals surface area contributed by atoms with Crippen LogP contribution in [0.15, 0.2) is 28.7 Å². The van der Waals surface area contributed by atoms with Crippen LogP contribution >= 0.6 is 0 Å². The molecule has 1 aromatic rings. The van der Waals surface area contributed by atoms with E-state index in [1.165, 1.54) is 11.0 Å². The lowest BCUT2D eigenvalue weighted by Gasteiger charge is -2.50. The van der Waals surface area contributed by atoms with Crippen molar-refractivity contribution in [3.63, 3.8) is 0 Å². The number of likely N-dealkylation sites (N-methyl/N-ethyl adjacent to an activating group) is 1. The molecule has 0 aliphatic heterocycles. The van der Waals surface area contributed by atoms with Gasteiger partial charge in [-0.2, -0.15) is 0 Å². The van der Waals surface area contributed by atoms with Crippen LogP contribution in [0.2, 0.25) is 0 Å². The van der Waals surface area contributed by atoms with E-state index >= 15 is 0 Å². The zero-order valence-corrected chi connectivity index (χ0v) is 31.6. The lowest BCUT2D eigenvalue weighted by atomic mass is 9.58. The Labute approximate surface area is 313 Å². The smallest absolute Gasteiger partial charge is 0.413 e. The second-order valence-corrected chi connectivity index (χ2v) is 14.3. The van der Waals surface area contributed by atoms with E-state index in [0.717, 1.165) is 24.2 Å². The number of aliphatic hydroxyl groups is 3. The van der Waals surface area contributed by atoms with E-state index < -0.39 is 95.1 Å². The molecule has 0 saturated carbocycles. The largest absolute Gasteiger partial charge is 0.510 e. The average Bonchev–Trinajstić information content (AvgIpc) is 3.08. The molecule has 17 nitrogen and oxygen atoms in total. The van der Waals surface area contributed by atoms with Crippen LogP contribution in [0.5, 0.6) is 5.75 Å². The first-order valence-corrected chi connectivity index (χ1v) is 18.0. The van der Waals surface area contributed by atoms with Crippen LogP contribution in [0.1, 0.15) is 74.7 Å². The molecule has 0 aromatic heterocycles. The Morgan fingerprint density at radius 2 is 1.69 bits per heavy atom. The highest BCUT2D eigenvalue weighted by molar-refractivity contribution is 6.25. The number of unbranched alkanes of at least 4 members (excludes halogenated alkanes) is 3. The van der Waals surface area contributed by atoms with Gasteiger partial charge in [0.2, 0.25) is 18.5 Å². The topological polar surface area (TPSA) is 250 Å². The molecular weight excluding hydrogens is 706 g/mol. The number of ether oxygens (including phenoxy) is 2. The number of carbonyl (C=O) groups is 6. The number of nitrogens with two attached hydrogens (primary N) is 1. The summed E-state index contributed by atoms with van der Waals surface area (Å²) in [4.78, 5) is 82.5. The number of phenols is 1.